The summed E-state index contributed by atoms with van der Waals surface area (Å²) in [4.78, 5) is 15.0. The number of amides is 1. The quantitative estimate of drug-likeness (QED) is 0.855. The first-order chi connectivity index (χ1) is 10.2. The maximum Gasteiger partial charge on any atom is 0.230 e. The molecule has 1 saturated heterocycles. The van der Waals surface area contributed by atoms with Gasteiger partial charge in [-0.3, -0.25) is 4.79 Å². The van der Waals surface area contributed by atoms with E-state index in [1.807, 2.05) is 24.3 Å². The van der Waals surface area contributed by atoms with Gasteiger partial charge < -0.3 is 15.4 Å². The minimum absolute atomic E-state index is 0.0370. The highest BCUT2D eigenvalue weighted by Gasteiger charge is 2.44. The SMILES string of the molecule is NC1CCC2CN(C(=O)C3CCOc4ccccc43)CC12. The molecule has 2 N–H and O–H groups in total. The number of carbonyl (C=O) groups excluding carboxylic acids is 1. The number of hydrogen-bond donors (Lipinski definition) is 1. The summed E-state index contributed by atoms with van der Waals surface area (Å²) in [6.45, 7) is 2.38. The maximum absolute atomic E-state index is 12.9. The van der Waals surface area contributed by atoms with Crippen LogP contribution in [-0.4, -0.2) is 36.5 Å². The van der Waals surface area contributed by atoms with Crippen molar-refractivity contribution in [2.75, 3.05) is 19.7 Å². The van der Waals surface area contributed by atoms with Crippen LogP contribution in [0.5, 0.6) is 5.75 Å². The van der Waals surface area contributed by atoms with E-state index in [9.17, 15) is 4.79 Å². The normalized spacial score (nSPS) is 34.2. The second kappa shape index (κ2) is 5.02. The van der Waals surface area contributed by atoms with Crippen molar-refractivity contribution in [1.82, 2.24) is 4.90 Å². The first-order valence-corrected chi connectivity index (χ1v) is 8.00. The van der Waals surface area contributed by atoms with Crippen molar-refractivity contribution in [3.63, 3.8) is 0 Å². The molecule has 4 unspecified atom stereocenters. The van der Waals surface area contributed by atoms with Gasteiger partial charge in [-0.1, -0.05) is 18.2 Å². The summed E-state index contributed by atoms with van der Waals surface area (Å²) in [6, 6.07) is 8.23. The van der Waals surface area contributed by atoms with Gasteiger partial charge in [0.15, 0.2) is 0 Å². The van der Waals surface area contributed by atoms with Gasteiger partial charge in [0.2, 0.25) is 5.91 Å². The number of nitrogens with two attached hydrogens (primary N) is 1. The fraction of sp³-hybridized carbons (Fsp3) is 0.588. The summed E-state index contributed by atoms with van der Waals surface area (Å²) in [6.07, 6.45) is 3.09. The molecule has 4 rings (SSSR count). The lowest BCUT2D eigenvalue weighted by molar-refractivity contribution is -0.132. The number of ether oxygens (including phenoxy) is 1. The fourth-order valence-corrected chi connectivity index (χ4v) is 4.31. The van der Waals surface area contributed by atoms with Gasteiger partial charge in [0.25, 0.3) is 0 Å². The summed E-state index contributed by atoms with van der Waals surface area (Å²) in [5.41, 5.74) is 7.23. The standard InChI is InChI=1S/C17H22N2O2/c18-15-6-5-11-9-19(10-14(11)15)17(20)13-7-8-21-16-4-2-1-3-12(13)16/h1-4,11,13-15H,5-10,18H2. The molecule has 0 aromatic heterocycles. The Morgan fingerprint density at radius 3 is 2.90 bits per heavy atom. The molecule has 1 amide bonds. The van der Waals surface area contributed by atoms with Crippen LogP contribution in [0.25, 0.3) is 0 Å². The van der Waals surface area contributed by atoms with E-state index in [-0.39, 0.29) is 17.9 Å². The molecular formula is C17H22N2O2. The van der Waals surface area contributed by atoms with E-state index in [4.69, 9.17) is 10.5 Å². The molecule has 4 atom stereocenters. The highest BCUT2D eigenvalue weighted by atomic mass is 16.5. The molecule has 21 heavy (non-hydrogen) atoms. The highest BCUT2D eigenvalue weighted by Crippen LogP contribution is 2.40. The van der Waals surface area contributed by atoms with Crippen LogP contribution < -0.4 is 10.5 Å². The van der Waals surface area contributed by atoms with Crippen LogP contribution in [0.1, 0.15) is 30.7 Å². The van der Waals surface area contributed by atoms with Crippen molar-refractivity contribution in [3.8, 4) is 5.75 Å². The van der Waals surface area contributed by atoms with Gasteiger partial charge in [0.05, 0.1) is 12.5 Å². The molecule has 112 valence electrons. The number of fused-ring (bicyclic) bond motifs is 2. The number of hydrogen-bond acceptors (Lipinski definition) is 3. The molecule has 0 spiro atoms. The second-order valence-electron chi connectivity index (χ2n) is 6.64. The Kier molecular flexibility index (Phi) is 3.14. The predicted octanol–water partition coefficient (Wildman–Crippen LogP) is 1.75. The summed E-state index contributed by atoms with van der Waals surface area (Å²) in [5, 5.41) is 0. The molecule has 0 radical (unpaired) electrons. The average molecular weight is 286 g/mol. The molecule has 0 bridgehead atoms. The van der Waals surface area contributed by atoms with Crippen LogP contribution in [-0.2, 0) is 4.79 Å². The monoisotopic (exact) mass is 286 g/mol. The Morgan fingerprint density at radius 2 is 2.05 bits per heavy atom. The van der Waals surface area contributed by atoms with Gasteiger partial charge in [-0.15, -0.1) is 0 Å². The summed E-state index contributed by atoms with van der Waals surface area (Å²) in [5.74, 6) is 2.25. The largest absolute Gasteiger partial charge is 0.493 e. The number of nitrogens with zero attached hydrogens (tertiary/aromatic N) is 1. The fourth-order valence-electron chi connectivity index (χ4n) is 4.31. The molecule has 2 aliphatic heterocycles. The zero-order valence-electron chi connectivity index (χ0n) is 12.2. The maximum atomic E-state index is 12.9. The van der Waals surface area contributed by atoms with E-state index < -0.39 is 0 Å². The Labute approximate surface area is 125 Å². The first-order valence-electron chi connectivity index (χ1n) is 8.00. The Bertz CT molecular complexity index is 559. The Hall–Kier alpha value is -1.55. The predicted molar refractivity (Wildman–Crippen MR) is 80.1 cm³/mol. The van der Waals surface area contributed by atoms with Gasteiger partial charge in [-0.2, -0.15) is 0 Å². The third-order valence-corrected chi connectivity index (χ3v) is 5.48. The number of benzene rings is 1. The average Bonchev–Trinajstić information content (AvgIpc) is 3.08. The summed E-state index contributed by atoms with van der Waals surface area (Å²) in [7, 11) is 0. The molecule has 2 fully saturated rings. The van der Waals surface area contributed by atoms with Crippen LogP contribution >= 0.6 is 0 Å². The first kappa shape index (κ1) is 13.1. The minimum Gasteiger partial charge on any atom is -0.493 e. The minimum atomic E-state index is -0.0370. The number of rotatable bonds is 1. The summed E-state index contributed by atoms with van der Waals surface area (Å²) < 4.78 is 5.67. The van der Waals surface area contributed by atoms with Crippen molar-refractivity contribution >= 4 is 5.91 Å². The van der Waals surface area contributed by atoms with E-state index in [2.05, 4.69) is 4.90 Å². The molecule has 1 aromatic rings. The lowest BCUT2D eigenvalue weighted by Crippen LogP contribution is -2.37. The lowest BCUT2D eigenvalue weighted by atomic mass is 9.92. The van der Waals surface area contributed by atoms with Crippen LogP contribution in [0.2, 0.25) is 0 Å². The molecule has 4 nitrogen and oxygen atoms in total. The second-order valence-corrected chi connectivity index (χ2v) is 6.64. The molecule has 4 heteroatoms. The Balaban J connectivity index is 1.54. The van der Waals surface area contributed by atoms with Crippen molar-refractivity contribution in [1.29, 1.82) is 0 Å². The third kappa shape index (κ3) is 2.13. The molecule has 1 aliphatic carbocycles. The van der Waals surface area contributed by atoms with Gasteiger partial charge in [-0.05, 0) is 37.2 Å². The van der Waals surface area contributed by atoms with Crippen LogP contribution in [0, 0.1) is 11.8 Å². The third-order valence-electron chi connectivity index (χ3n) is 5.48. The molecular weight excluding hydrogens is 264 g/mol. The van der Waals surface area contributed by atoms with Gasteiger partial charge in [-0.25, -0.2) is 0 Å². The van der Waals surface area contributed by atoms with Crippen molar-refractivity contribution in [2.45, 2.75) is 31.2 Å². The lowest BCUT2D eigenvalue weighted by Gasteiger charge is -2.29. The van der Waals surface area contributed by atoms with E-state index in [1.165, 1.54) is 6.42 Å². The number of para-hydroxylation sites is 1. The molecule has 1 aromatic carbocycles. The molecule has 2 heterocycles. The molecule has 1 saturated carbocycles. The van der Waals surface area contributed by atoms with Gasteiger partial charge in [0.1, 0.15) is 5.75 Å². The van der Waals surface area contributed by atoms with Crippen molar-refractivity contribution in [2.24, 2.45) is 17.6 Å². The Morgan fingerprint density at radius 1 is 1.19 bits per heavy atom. The van der Waals surface area contributed by atoms with E-state index >= 15 is 0 Å². The molecule has 3 aliphatic rings. The summed E-state index contributed by atoms with van der Waals surface area (Å²) >= 11 is 0. The highest BCUT2D eigenvalue weighted by molar-refractivity contribution is 5.85. The van der Waals surface area contributed by atoms with Crippen LogP contribution in [0.4, 0.5) is 0 Å². The van der Waals surface area contributed by atoms with E-state index in [0.29, 0.717) is 18.4 Å². The number of carbonyl (C=O) groups is 1. The van der Waals surface area contributed by atoms with Crippen molar-refractivity contribution < 1.29 is 9.53 Å². The number of likely N-dealkylation sites (tertiary alicyclic amines) is 1. The van der Waals surface area contributed by atoms with E-state index in [1.54, 1.807) is 0 Å². The zero-order valence-corrected chi connectivity index (χ0v) is 12.2. The van der Waals surface area contributed by atoms with Crippen molar-refractivity contribution in [3.05, 3.63) is 29.8 Å². The van der Waals surface area contributed by atoms with Crippen LogP contribution in [0.3, 0.4) is 0 Å². The van der Waals surface area contributed by atoms with Gasteiger partial charge in [0, 0.05) is 24.7 Å². The van der Waals surface area contributed by atoms with Gasteiger partial charge >= 0.3 is 0 Å². The topological polar surface area (TPSA) is 55.6 Å². The zero-order chi connectivity index (χ0) is 14.4. The van der Waals surface area contributed by atoms with Crippen LogP contribution in [0.15, 0.2) is 24.3 Å². The smallest absolute Gasteiger partial charge is 0.230 e. The van der Waals surface area contributed by atoms with E-state index in [0.717, 1.165) is 37.2 Å².